The molecule has 170 valence electrons. The van der Waals surface area contributed by atoms with Crippen molar-refractivity contribution in [2.45, 2.75) is 0 Å². The van der Waals surface area contributed by atoms with E-state index in [0.29, 0.717) is 11.3 Å². The first-order chi connectivity index (χ1) is 17.2. The Hall–Kier alpha value is -4.83. The van der Waals surface area contributed by atoms with Gasteiger partial charge in [0.25, 0.3) is 11.5 Å². The summed E-state index contributed by atoms with van der Waals surface area (Å²) in [7, 11) is 0. The van der Waals surface area contributed by atoms with Crippen molar-refractivity contribution < 1.29 is 4.79 Å². The number of thiophene rings is 1. The minimum atomic E-state index is -0.497. The molecule has 0 aliphatic carbocycles. The molecule has 0 radical (unpaired) electrons. The number of nitrogens with zero attached hydrogens (tertiary/aromatic N) is 6. The second-order valence-corrected chi connectivity index (χ2v) is 8.58. The topological polar surface area (TPSA) is 99.6 Å². The number of amides is 1. The van der Waals surface area contributed by atoms with Gasteiger partial charge in [-0.15, -0.1) is 11.3 Å². The average Bonchev–Trinajstić information content (AvgIpc) is 3.66. The minimum absolute atomic E-state index is 0.284. The van der Waals surface area contributed by atoms with E-state index in [1.54, 1.807) is 15.4 Å². The number of hydrogen-bond acceptors (Lipinski definition) is 6. The molecule has 0 saturated carbocycles. The van der Waals surface area contributed by atoms with Crippen molar-refractivity contribution in [2.75, 3.05) is 5.43 Å². The fourth-order valence-electron chi connectivity index (χ4n) is 3.77. The van der Waals surface area contributed by atoms with Crippen LogP contribution in [0.15, 0.2) is 102 Å². The van der Waals surface area contributed by atoms with Gasteiger partial charge in [0.15, 0.2) is 5.65 Å². The molecule has 2 aromatic carbocycles. The third kappa shape index (κ3) is 3.71. The number of rotatable bonds is 5. The lowest BCUT2D eigenvalue weighted by Crippen LogP contribution is -2.34. The van der Waals surface area contributed by atoms with Gasteiger partial charge in [-0.1, -0.05) is 42.5 Å². The summed E-state index contributed by atoms with van der Waals surface area (Å²) in [5.41, 5.74) is 5.07. The van der Waals surface area contributed by atoms with E-state index in [1.807, 2.05) is 78.2 Å². The Kier molecular flexibility index (Phi) is 5.04. The monoisotopic (exact) mass is 479 g/mol. The quantitative estimate of drug-likeness (QED) is 0.405. The van der Waals surface area contributed by atoms with Crippen molar-refractivity contribution in [2.24, 2.45) is 0 Å². The number of carbonyl (C=O) groups is 1. The number of fused-ring (bicyclic) bond motifs is 1. The zero-order chi connectivity index (χ0) is 23.8. The van der Waals surface area contributed by atoms with E-state index in [0.717, 1.165) is 20.9 Å². The third-order valence-electron chi connectivity index (χ3n) is 5.43. The summed E-state index contributed by atoms with van der Waals surface area (Å²) >= 11 is 1.53. The molecular weight excluding hydrogens is 462 g/mol. The smallest absolute Gasteiger partial charge is 0.267 e. The maximum atomic E-state index is 13.3. The predicted molar refractivity (Wildman–Crippen MR) is 134 cm³/mol. The highest BCUT2D eigenvalue weighted by molar-refractivity contribution is 7.13. The van der Waals surface area contributed by atoms with Crippen LogP contribution in [-0.2, 0) is 0 Å². The highest BCUT2D eigenvalue weighted by atomic mass is 32.1. The Morgan fingerprint density at radius 3 is 2.29 bits per heavy atom. The Morgan fingerprint density at radius 1 is 0.886 bits per heavy atom. The average molecular weight is 480 g/mol. The van der Waals surface area contributed by atoms with Crippen molar-refractivity contribution in [3.63, 3.8) is 0 Å². The molecule has 9 nitrogen and oxygen atoms in total. The summed E-state index contributed by atoms with van der Waals surface area (Å²) in [5, 5.41) is 11.2. The number of para-hydroxylation sites is 2. The molecule has 4 aromatic heterocycles. The molecule has 35 heavy (non-hydrogen) atoms. The number of nitrogens with one attached hydrogen (secondary N) is 1. The van der Waals surface area contributed by atoms with Gasteiger partial charge in [-0.3, -0.25) is 15.0 Å². The summed E-state index contributed by atoms with van der Waals surface area (Å²) in [6.07, 6.45) is 2.73. The number of aromatic nitrogens is 6. The number of benzene rings is 2. The molecule has 4 heterocycles. The lowest BCUT2D eigenvalue weighted by molar-refractivity contribution is 0.0999. The van der Waals surface area contributed by atoms with E-state index in [4.69, 9.17) is 0 Å². The predicted octanol–water partition coefficient (Wildman–Crippen LogP) is 3.88. The van der Waals surface area contributed by atoms with Crippen LogP contribution < -0.4 is 11.0 Å². The molecule has 0 spiro atoms. The molecule has 0 aliphatic rings. The first-order valence-electron chi connectivity index (χ1n) is 10.7. The molecule has 0 atom stereocenters. The van der Waals surface area contributed by atoms with Crippen LogP contribution in [0.4, 0.5) is 0 Å². The maximum absolute atomic E-state index is 13.3. The summed E-state index contributed by atoms with van der Waals surface area (Å²) in [6, 6.07) is 24.3. The van der Waals surface area contributed by atoms with Crippen LogP contribution in [0.5, 0.6) is 0 Å². The van der Waals surface area contributed by atoms with E-state index in [2.05, 4.69) is 20.6 Å². The van der Waals surface area contributed by atoms with Gasteiger partial charge in [0, 0.05) is 0 Å². The molecule has 0 aliphatic heterocycles. The van der Waals surface area contributed by atoms with Crippen molar-refractivity contribution in [3.8, 4) is 21.9 Å². The minimum Gasteiger partial charge on any atom is -0.267 e. The second kappa shape index (κ2) is 8.50. The highest BCUT2D eigenvalue weighted by Crippen LogP contribution is 2.26. The molecule has 0 fully saturated rings. The second-order valence-electron chi connectivity index (χ2n) is 7.63. The zero-order valence-electron chi connectivity index (χ0n) is 18.1. The third-order valence-corrected chi connectivity index (χ3v) is 6.32. The lowest BCUT2D eigenvalue weighted by Gasteiger charge is -2.10. The summed E-state index contributed by atoms with van der Waals surface area (Å²) in [5.74, 6) is -0.497. The van der Waals surface area contributed by atoms with Crippen LogP contribution in [0, 0.1) is 0 Å². The van der Waals surface area contributed by atoms with Gasteiger partial charge >= 0.3 is 0 Å². The highest BCUT2D eigenvalue weighted by Gasteiger charge is 2.20. The van der Waals surface area contributed by atoms with Crippen LogP contribution in [0.3, 0.4) is 0 Å². The Morgan fingerprint density at radius 2 is 1.60 bits per heavy atom. The van der Waals surface area contributed by atoms with Crippen LogP contribution in [-0.4, -0.2) is 35.1 Å². The largest absolute Gasteiger partial charge is 0.288 e. The molecule has 6 rings (SSSR count). The molecular formula is C25H17N7O2S. The maximum Gasteiger partial charge on any atom is 0.288 e. The summed E-state index contributed by atoms with van der Waals surface area (Å²) < 4.78 is 4.21. The molecule has 1 amide bonds. The molecule has 10 heteroatoms. The van der Waals surface area contributed by atoms with Gasteiger partial charge in [-0.05, 0) is 41.8 Å². The summed E-state index contributed by atoms with van der Waals surface area (Å²) in [4.78, 5) is 31.8. The van der Waals surface area contributed by atoms with Crippen molar-refractivity contribution in [1.29, 1.82) is 0 Å². The Bertz CT molecular complexity index is 1700. The SMILES string of the molecule is O=C(Nn1cnc2c(cnn2-c2ccccc2)c1=O)c1cc(-c2cccs2)nn1-c1ccccc1. The van der Waals surface area contributed by atoms with Crippen LogP contribution in [0.1, 0.15) is 10.5 Å². The van der Waals surface area contributed by atoms with Crippen molar-refractivity contribution >= 4 is 28.3 Å². The van der Waals surface area contributed by atoms with E-state index >= 15 is 0 Å². The number of hydrogen-bond donors (Lipinski definition) is 1. The van der Waals surface area contributed by atoms with Gasteiger partial charge in [0.1, 0.15) is 23.1 Å². The number of carbonyl (C=O) groups excluding carboxylic acids is 1. The molecule has 1 N–H and O–H groups in total. The van der Waals surface area contributed by atoms with E-state index < -0.39 is 11.5 Å². The Labute approximate surface area is 202 Å². The van der Waals surface area contributed by atoms with Gasteiger partial charge in [0.05, 0.1) is 22.4 Å². The van der Waals surface area contributed by atoms with Crippen molar-refractivity contribution in [1.82, 2.24) is 29.2 Å². The standard InChI is InChI=1S/C25H17N7O2S/c33-24(21-14-20(22-12-7-13-35-22)28-31(21)17-8-3-1-4-9-17)29-30-16-26-23-19(25(30)34)15-27-32(23)18-10-5-2-6-11-18/h1-16H,(H,29,33). The van der Waals surface area contributed by atoms with E-state index in [-0.39, 0.29) is 11.1 Å². The van der Waals surface area contributed by atoms with Gasteiger partial charge in [-0.2, -0.15) is 10.2 Å². The van der Waals surface area contributed by atoms with Crippen LogP contribution in [0.2, 0.25) is 0 Å². The fraction of sp³-hybridized carbons (Fsp3) is 0. The van der Waals surface area contributed by atoms with Crippen LogP contribution >= 0.6 is 11.3 Å². The normalized spacial score (nSPS) is 11.1. The molecule has 0 unspecified atom stereocenters. The first kappa shape index (κ1) is 20.8. The van der Waals surface area contributed by atoms with Crippen LogP contribution in [0.25, 0.3) is 33.0 Å². The zero-order valence-corrected chi connectivity index (χ0v) is 19.0. The Balaban J connectivity index is 1.38. The van der Waals surface area contributed by atoms with E-state index in [1.165, 1.54) is 23.9 Å². The molecule has 6 aromatic rings. The van der Waals surface area contributed by atoms with Gasteiger partial charge in [-0.25, -0.2) is 19.0 Å². The van der Waals surface area contributed by atoms with Gasteiger partial charge in [0.2, 0.25) is 0 Å². The van der Waals surface area contributed by atoms with Gasteiger partial charge < -0.3 is 0 Å². The lowest BCUT2D eigenvalue weighted by atomic mass is 10.3. The first-order valence-corrected chi connectivity index (χ1v) is 11.6. The van der Waals surface area contributed by atoms with E-state index in [9.17, 15) is 9.59 Å². The van der Waals surface area contributed by atoms with Crippen molar-refractivity contribution in [3.05, 3.63) is 113 Å². The summed E-state index contributed by atoms with van der Waals surface area (Å²) in [6.45, 7) is 0. The molecule has 0 saturated heterocycles. The fourth-order valence-corrected chi connectivity index (χ4v) is 4.45. The molecule has 0 bridgehead atoms.